The maximum absolute atomic E-state index is 4.07. The Morgan fingerprint density at radius 2 is 1.93 bits per heavy atom. The van der Waals surface area contributed by atoms with Crippen LogP contribution in [0.2, 0.25) is 0 Å². The largest absolute Gasteiger partial charge is 0.355 e. The van der Waals surface area contributed by atoms with Gasteiger partial charge in [0, 0.05) is 17.0 Å². The monoisotopic (exact) mass is 195 g/mol. The Labute approximate surface area is 89.8 Å². The maximum atomic E-state index is 4.07. The van der Waals surface area contributed by atoms with Crippen molar-refractivity contribution in [3.8, 4) is 0 Å². The van der Waals surface area contributed by atoms with Crippen LogP contribution in [0.5, 0.6) is 0 Å². The number of benzene rings is 1. The summed E-state index contributed by atoms with van der Waals surface area (Å²) in [5.41, 5.74) is 6.26. The van der Waals surface area contributed by atoms with Gasteiger partial charge in [-0.2, -0.15) is 0 Å². The molecule has 0 spiro atoms. The normalized spacial score (nSPS) is 18.3. The van der Waals surface area contributed by atoms with Crippen molar-refractivity contribution in [1.29, 1.82) is 0 Å². The van der Waals surface area contributed by atoms with E-state index in [0.29, 0.717) is 0 Å². The van der Waals surface area contributed by atoms with Gasteiger partial charge < -0.3 is 5.32 Å². The van der Waals surface area contributed by atoms with E-state index < -0.39 is 0 Å². The van der Waals surface area contributed by atoms with Crippen LogP contribution in [0.25, 0.3) is 11.3 Å². The van der Waals surface area contributed by atoms with Crippen LogP contribution in [-0.2, 0) is 0 Å². The summed E-state index contributed by atoms with van der Waals surface area (Å²) < 4.78 is 0. The number of rotatable bonds is 0. The third-order valence-corrected chi connectivity index (χ3v) is 3.03. The van der Waals surface area contributed by atoms with Gasteiger partial charge in [-0.25, -0.2) is 0 Å². The second-order valence-electron chi connectivity index (χ2n) is 3.98. The molecule has 0 fully saturated rings. The molecule has 0 bridgehead atoms. The highest BCUT2D eigenvalue weighted by Gasteiger charge is 2.20. The summed E-state index contributed by atoms with van der Waals surface area (Å²) in [4.78, 5) is 0. The zero-order chi connectivity index (χ0) is 10.3. The maximum Gasteiger partial charge on any atom is 0.0419 e. The highest BCUT2D eigenvalue weighted by atomic mass is 14.9. The molecular weight excluding hydrogens is 182 g/mol. The van der Waals surface area contributed by atoms with Gasteiger partial charge in [0.15, 0.2) is 0 Å². The molecule has 74 valence electrons. The van der Waals surface area contributed by atoms with Gasteiger partial charge in [0.25, 0.3) is 0 Å². The van der Waals surface area contributed by atoms with Crippen molar-refractivity contribution in [2.24, 2.45) is 0 Å². The molecule has 1 N–H and O–H groups in total. The van der Waals surface area contributed by atoms with Crippen LogP contribution in [0.1, 0.15) is 24.0 Å². The number of hydrogen-bond donors (Lipinski definition) is 1. The van der Waals surface area contributed by atoms with Crippen LogP contribution in [-0.4, -0.2) is 0 Å². The second kappa shape index (κ2) is 3.13. The predicted octanol–water partition coefficient (Wildman–Crippen LogP) is 3.32. The molecule has 2 aliphatic rings. The first kappa shape index (κ1) is 8.54. The van der Waals surface area contributed by atoms with Gasteiger partial charge in [-0.3, -0.25) is 0 Å². The fraction of sp³-hybridized carbons (Fsp3) is 0.143. The van der Waals surface area contributed by atoms with Gasteiger partial charge in [-0.15, -0.1) is 0 Å². The third-order valence-electron chi connectivity index (χ3n) is 3.03. The lowest BCUT2D eigenvalue weighted by atomic mass is 9.88. The summed E-state index contributed by atoms with van der Waals surface area (Å²) in [7, 11) is 0. The molecule has 0 saturated heterocycles. The summed E-state index contributed by atoms with van der Waals surface area (Å²) in [6.07, 6.45) is 6.65. The van der Waals surface area contributed by atoms with Crippen molar-refractivity contribution >= 4 is 11.3 Å². The molecule has 0 saturated carbocycles. The molecule has 1 aliphatic heterocycles. The Morgan fingerprint density at radius 3 is 2.80 bits per heavy atom. The minimum atomic E-state index is 1.01. The van der Waals surface area contributed by atoms with E-state index in [1.165, 1.54) is 22.4 Å². The van der Waals surface area contributed by atoms with Crippen LogP contribution < -0.4 is 5.32 Å². The summed E-state index contributed by atoms with van der Waals surface area (Å²) >= 11 is 0. The summed E-state index contributed by atoms with van der Waals surface area (Å²) in [5, 5.41) is 3.37. The van der Waals surface area contributed by atoms with E-state index in [1.807, 2.05) is 0 Å². The molecule has 1 aliphatic carbocycles. The highest BCUT2D eigenvalue weighted by Crippen LogP contribution is 2.35. The smallest absolute Gasteiger partial charge is 0.0419 e. The second-order valence-corrected chi connectivity index (χ2v) is 3.98. The molecule has 0 aromatic heterocycles. The zero-order valence-corrected chi connectivity index (χ0v) is 8.59. The molecule has 1 nitrogen and oxygen atoms in total. The average molecular weight is 195 g/mol. The van der Waals surface area contributed by atoms with Gasteiger partial charge in [0.2, 0.25) is 0 Å². The van der Waals surface area contributed by atoms with Crippen molar-refractivity contribution in [3.63, 3.8) is 0 Å². The van der Waals surface area contributed by atoms with Crippen molar-refractivity contribution in [2.75, 3.05) is 0 Å². The van der Waals surface area contributed by atoms with Crippen molar-refractivity contribution in [3.05, 3.63) is 59.8 Å². The van der Waals surface area contributed by atoms with Crippen LogP contribution in [0, 0.1) is 0 Å². The van der Waals surface area contributed by atoms with E-state index in [1.54, 1.807) is 0 Å². The topological polar surface area (TPSA) is 12.0 Å². The van der Waals surface area contributed by atoms with Crippen LogP contribution in [0.4, 0.5) is 0 Å². The quantitative estimate of drug-likeness (QED) is 0.669. The van der Waals surface area contributed by atoms with Crippen LogP contribution >= 0.6 is 0 Å². The minimum Gasteiger partial charge on any atom is -0.355 e. The lowest BCUT2D eigenvalue weighted by Gasteiger charge is -2.26. The first-order valence-electron chi connectivity index (χ1n) is 5.31. The molecule has 1 heterocycles. The zero-order valence-electron chi connectivity index (χ0n) is 8.59. The van der Waals surface area contributed by atoms with E-state index >= 15 is 0 Å². The van der Waals surface area contributed by atoms with Crippen molar-refractivity contribution < 1.29 is 0 Å². The van der Waals surface area contributed by atoms with Gasteiger partial charge in [0.1, 0.15) is 0 Å². The van der Waals surface area contributed by atoms with Crippen molar-refractivity contribution in [2.45, 2.75) is 12.8 Å². The Morgan fingerprint density at radius 1 is 1.13 bits per heavy atom. The van der Waals surface area contributed by atoms with E-state index in [9.17, 15) is 0 Å². The molecule has 3 rings (SSSR count). The fourth-order valence-electron chi connectivity index (χ4n) is 2.30. The number of hydrogen-bond acceptors (Lipinski definition) is 1. The molecule has 0 radical (unpaired) electrons. The van der Waals surface area contributed by atoms with Crippen molar-refractivity contribution in [1.82, 2.24) is 5.32 Å². The lowest BCUT2D eigenvalue weighted by Crippen LogP contribution is -2.19. The summed E-state index contributed by atoms with van der Waals surface area (Å²) in [6.45, 7) is 4.07. The minimum absolute atomic E-state index is 1.01. The van der Waals surface area contributed by atoms with E-state index in [2.05, 4.69) is 48.3 Å². The SMILES string of the molecule is C=C1NC2=C(CCC=C2)c2ccccc21. The molecule has 15 heavy (non-hydrogen) atoms. The van der Waals surface area contributed by atoms with Gasteiger partial charge in [-0.05, 0) is 30.1 Å². The van der Waals surface area contributed by atoms with Gasteiger partial charge in [0.05, 0.1) is 0 Å². The Bertz CT molecular complexity index is 492. The number of nitrogens with one attached hydrogen (secondary N) is 1. The molecule has 0 amide bonds. The highest BCUT2D eigenvalue weighted by molar-refractivity contribution is 5.86. The van der Waals surface area contributed by atoms with Gasteiger partial charge in [-0.1, -0.05) is 36.9 Å². The predicted molar refractivity (Wildman–Crippen MR) is 63.9 cm³/mol. The number of fused-ring (bicyclic) bond motifs is 2. The number of allylic oxidation sites excluding steroid dienone is 3. The standard InChI is InChI=1S/C14H13N/c1-10-11-6-2-3-7-12(11)13-8-4-5-9-14(13)15-10/h2-3,5-7,9,15H,1,4,8H2. The van der Waals surface area contributed by atoms with E-state index in [0.717, 1.165) is 18.5 Å². The fourth-order valence-corrected chi connectivity index (χ4v) is 2.30. The summed E-state index contributed by atoms with van der Waals surface area (Å²) in [5.74, 6) is 0. The van der Waals surface area contributed by atoms with Gasteiger partial charge >= 0.3 is 0 Å². The first-order valence-corrected chi connectivity index (χ1v) is 5.31. The molecule has 1 heteroatoms. The Balaban J connectivity index is 2.25. The van der Waals surface area contributed by atoms with E-state index in [-0.39, 0.29) is 0 Å². The Hall–Kier alpha value is -1.76. The summed E-state index contributed by atoms with van der Waals surface area (Å²) in [6, 6.07) is 8.49. The third kappa shape index (κ3) is 1.23. The molecule has 0 atom stereocenters. The lowest BCUT2D eigenvalue weighted by molar-refractivity contribution is 0.979. The van der Waals surface area contributed by atoms with Crippen LogP contribution in [0.3, 0.4) is 0 Å². The molecule has 0 unspecified atom stereocenters. The molecule has 1 aromatic carbocycles. The average Bonchev–Trinajstić information content (AvgIpc) is 2.30. The Kier molecular flexibility index (Phi) is 1.78. The van der Waals surface area contributed by atoms with E-state index in [4.69, 9.17) is 0 Å². The van der Waals surface area contributed by atoms with Crippen LogP contribution in [0.15, 0.2) is 48.7 Å². The molecule has 1 aromatic rings. The first-order chi connectivity index (χ1) is 7.36. The molecular formula is C14H13N.